The van der Waals surface area contributed by atoms with E-state index < -0.39 is 17.7 Å². The van der Waals surface area contributed by atoms with E-state index in [1.54, 1.807) is 18.2 Å². The molecule has 1 heterocycles. The van der Waals surface area contributed by atoms with Gasteiger partial charge in [-0.25, -0.2) is 0 Å². The Kier molecular flexibility index (Phi) is 6.99. The summed E-state index contributed by atoms with van der Waals surface area (Å²) < 4.78 is 50.8. The third-order valence-electron chi connectivity index (χ3n) is 5.10. The quantitative estimate of drug-likeness (QED) is 0.714. The zero-order chi connectivity index (χ0) is 21.7. The van der Waals surface area contributed by atoms with Crippen LogP contribution in [-0.4, -0.2) is 42.2 Å². The molecule has 0 aliphatic carbocycles. The van der Waals surface area contributed by atoms with Gasteiger partial charge in [0.2, 0.25) is 0 Å². The van der Waals surface area contributed by atoms with Crippen LogP contribution < -0.4 is 4.74 Å². The lowest BCUT2D eigenvalue weighted by atomic mass is 10.0. The Hall–Kier alpha value is -2.58. The van der Waals surface area contributed by atoms with Crippen molar-refractivity contribution < 1.29 is 32.5 Å². The second kappa shape index (κ2) is 9.49. The van der Waals surface area contributed by atoms with Gasteiger partial charge >= 0.3 is 12.1 Å². The first kappa shape index (κ1) is 22.1. The molecule has 30 heavy (non-hydrogen) atoms. The van der Waals surface area contributed by atoms with E-state index in [1.807, 2.05) is 13.0 Å². The number of hydrogen-bond acceptors (Lipinski definition) is 4. The number of alkyl halides is 3. The predicted octanol–water partition coefficient (Wildman–Crippen LogP) is 4.44. The SMILES string of the molecule is Cc1cc(OCc2ccccc2C(F)(F)F)ccc1C1CN(CCC(=O)O)CCO1. The van der Waals surface area contributed by atoms with Crippen LogP contribution in [0.4, 0.5) is 13.2 Å². The summed E-state index contributed by atoms with van der Waals surface area (Å²) in [5.74, 6) is -0.352. The largest absolute Gasteiger partial charge is 0.489 e. The highest BCUT2D eigenvalue weighted by atomic mass is 19.4. The first-order valence-corrected chi connectivity index (χ1v) is 9.68. The maximum Gasteiger partial charge on any atom is 0.416 e. The Morgan fingerprint density at radius 1 is 1.27 bits per heavy atom. The molecule has 0 aromatic heterocycles. The van der Waals surface area contributed by atoms with Gasteiger partial charge in [0.05, 0.1) is 24.7 Å². The molecule has 1 fully saturated rings. The van der Waals surface area contributed by atoms with Crippen LogP contribution >= 0.6 is 0 Å². The van der Waals surface area contributed by atoms with Crippen molar-refractivity contribution in [3.8, 4) is 5.75 Å². The molecule has 1 atom stereocenters. The maximum atomic E-state index is 13.1. The van der Waals surface area contributed by atoms with Gasteiger partial charge in [0.15, 0.2) is 0 Å². The third kappa shape index (κ3) is 5.73. The van der Waals surface area contributed by atoms with Crippen LogP contribution in [0, 0.1) is 6.92 Å². The number of rotatable bonds is 7. The molecule has 0 saturated carbocycles. The van der Waals surface area contributed by atoms with Crippen molar-refractivity contribution in [2.45, 2.75) is 32.2 Å². The number of ether oxygens (including phenoxy) is 2. The molecule has 2 aromatic carbocycles. The number of benzene rings is 2. The number of aryl methyl sites for hydroxylation is 1. The van der Waals surface area contributed by atoms with Crippen molar-refractivity contribution in [2.75, 3.05) is 26.2 Å². The number of hydrogen-bond donors (Lipinski definition) is 1. The zero-order valence-corrected chi connectivity index (χ0v) is 16.6. The van der Waals surface area contributed by atoms with Crippen molar-refractivity contribution in [3.63, 3.8) is 0 Å². The van der Waals surface area contributed by atoms with Crippen LogP contribution in [0.25, 0.3) is 0 Å². The number of aliphatic carboxylic acids is 1. The van der Waals surface area contributed by atoms with Gasteiger partial charge in [-0.2, -0.15) is 13.2 Å². The smallest absolute Gasteiger partial charge is 0.416 e. The standard InChI is InChI=1S/C22H24F3NO4/c1-15-12-17(30-14-16-4-2-3-5-19(16)22(23,24)25)6-7-18(15)20-13-26(10-11-29-20)9-8-21(27)28/h2-7,12,20H,8-11,13-14H2,1H3,(H,27,28). The Balaban J connectivity index is 1.65. The first-order valence-electron chi connectivity index (χ1n) is 9.68. The monoisotopic (exact) mass is 423 g/mol. The minimum Gasteiger partial charge on any atom is -0.489 e. The van der Waals surface area contributed by atoms with E-state index in [9.17, 15) is 18.0 Å². The van der Waals surface area contributed by atoms with Crippen molar-refractivity contribution in [1.82, 2.24) is 4.90 Å². The predicted molar refractivity (Wildman–Crippen MR) is 104 cm³/mol. The zero-order valence-electron chi connectivity index (χ0n) is 16.6. The Labute approximate surface area is 173 Å². The fourth-order valence-corrected chi connectivity index (χ4v) is 3.53. The summed E-state index contributed by atoms with van der Waals surface area (Å²) in [5, 5.41) is 8.86. The van der Waals surface area contributed by atoms with E-state index in [1.165, 1.54) is 12.1 Å². The topological polar surface area (TPSA) is 59.0 Å². The molecule has 1 unspecified atom stereocenters. The van der Waals surface area contributed by atoms with Crippen LogP contribution in [-0.2, 0) is 22.3 Å². The lowest BCUT2D eigenvalue weighted by Crippen LogP contribution is -2.39. The van der Waals surface area contributed by atoms with Gasteiger partial charge in [-0.15, -0.1) is 0 Å². The summed E-state index contributed by atoms with van der Waals surface area (Å²) in [6, 6.07) is 10.7. The lowest BCUT2D eigenvalue weighted by molar-refractivity contribution is -0.139. The summed E-state index contributed by atoms with van der Waals surface area (Å²) in [5.41, 5.74) is 1.24. The van der Waals surface area contributed by atoms with Crippen LogP contribution in [0.2, 0.25) is 0 Å². The number of carbonyl (C=O) groups is 1. The Morgan fingerprint density at radius 2 is 2.03 bits per heavy atom. The summed E-state index contributed by atoms with van der Waals surface area (Å²) >= 11 is 0. The van der Waals surface area contributed by atoms with E-state index >= 15 is 0 Å². The minimum absolute atomic E-state index is 0.0800. The van der Waals surface area contributed by atoms with E-state index in [-0.39, 0.29) is 24.7 Å². The van der Waals surface area contributed by atoms with Gasteiger partial charge < -0.3 is 14.6 Å². The molecule has 2 aromatic rings. The molecule has 162 valence electrons. The Morgan fingerprint density at radius 3 is 2.73 bits per heavy atom. The average molecular weight is 423 g/mol. The van der Waals surface area contributed by atoms with Crippen molar-refractivity contribution in [1.29, 1.82) is 0 Å². The molecule has 8 heteroatoms. The lowest BCUT2D eigenvalue weighted by Gasteiger charge is -2.33. The fourth-order valence-electron chi connectivity index (χ4n) is 3.53. The molecule has 0 bridgehead atoms. The molecular formula is C22H24F3NO4. The van der Waals surface area contributed by atoms with Crippen LogP contribution in [0.3, 0.4) is 0 Å². The Bertz CT molecular complexity index is 885. The van der Waals surface area contributed by atoms with Gasteiger partial charge in [0.25, 0.3) is 0 Å². The fraction of sp³-hybridized carbons (Fsp3) is 0.409. The second-order valence-corrected chi connectivity index (χ2v) is 7.27. The van der Waals surface area contributed by atoms with E-state index in [0.717, 1.165) is 17.2 Å². The molecule has 5 nitrogen and oxygen atoms in total. The summed E-state index contributed by atoms with van der Waals surface area (Å²) in [6.07, 6.45) is -4.53. The van der Waals surface area contributed by atoms with Crippen molar-refractivity contribution in [2.24, 2.45) is 0 Å². The van der Waals surface area contributed by atoms with Gasteiger partial charge in [-0.3, -0.25) is 9.69 Å². The van der Waals surface area contributed by atoms with E-state index in [0.29, 0.717) is 32.0 Å². The highest BCUT2D eigenvalue weighted by Crippen LogP contribution is 2.33. The number of carboxylic acids is 1. The van der Waals surface area contributed by atoms with Gasteiger partial charge in [0, 0.05) is 25.2 Å². The molecule has 1 saturated heterocycles. The molecule has 1 aliphatic rings. The second-order valence-electron chi connectivity index (χ2n) is 7.27. The highest BCUT2D eigenvalue weighted by molar-refractivity contribution is 5.66. The minimum atomic E-state index is -4.43. The molecule has 0 radical (unpaired) electrons. The summed E-state index contributed by atoms with van der Waals surface area (Å²) in [6.45, 7) is 3.96. The number of nitrogens with zero attached hydrogens (tertiary/aromatic N) is 1. The highest BCUT2D eigenvalue weighted by Gasteiger charge is 2.33. The van der Waals surface area contributed by atoms with Gasteiger partial charge in [-0.05, 0) is 36.2 Å². The van der Waals surface area contributed by atoms with Crippen molar-refractivity contribution in [3.05, 3.63) is 64.7 Å². The third-order valence-corrected chi connectivity index (χ3v) is 5.10. The van der Waals surface area contributed by atoms with E-state index in [4.69, 9.17) is 14.6 Å². The number of carboxylic acid groups (broad SMARTS) is 1. The normalized spacial score (nSPS) is 17.7. The maximum absolute atomic E-state index is 13.1. The molecule has 1 N–H and O–H groups in total. The molecule has 0 spiro atoms. The number of halogens is 3. The van der Waals surface area contributed by atoms with Crippen LogP contribution in [0.15, 0.2) is 42.5 Å². The first-order chi connectivity index (χ1) is 14.2. The molecular weight excluding hydrogens is 399 g/mol. The molecule has 0 amide bonds. The van der Waals surface area contributed by atoms with Crippen molar-refractivity contribution >= 4 is 5.97 Å². The number of morpholine rings is 1. The molecule has 3 rings (SSSR count). The van der Waals surface area contributed by atoms with Gasteiger partial charge in [0.1, 0.15) is 12.4 Å². The average Bonchev–Trinajstić information content (AvgIpc) is 2.70. The van der Waals surface area contributed by atoms with Gasteiger partial charge in [-0.1, -0.05) is 24.3 Å². The van der Waals surface area contributed by atoms with Crippen LogP contribution in [0.1, 0.15) is 34.8 Å². The molecule has 1 aliphatic heterocycles. The summed E-state index contributed by atoms with van der Waals surface area (Å²) in [7, 11) is 0. The van der Waals surface area contributed by atoms with E-state index in [2.05, 4.69) is 4.90 Å². The van der Waals surface area contributed by atoms with Crippen LogP contribution in [0.5, 0.6) is 5.75 Å². The summed E-state index contributed by atoms with van der Waals surface area (Å²) in [4.78, 5) is 12.8.